The number of carbonyl (C=O) groups excluding carboxylic acids is 1. The van der Waals surface area contributed by atoms with Crippen molar-refractivity contribution >= 4 is 11.7 Å². The molecule has 6 nitrogen and oxygen atoms in total. The van der Waals surface area contributed by atoms with Gasteiger partial charge in [-0.1, -0.05) is 6.08 Å². The molecule has 2 aliphatic rings. The summed E-state index contributed by atoms with van der Waals surface area (Å²) in [7, 11) is 0. The van der Waals surface area contributed by atoms with Crippen LogP contribution in [0.1, 0.15) is 6.42 Å². The first kappa shape index (κ1) is 15.1. The first-order chi connectivity index (χ1) is 10.8. The number of hydrogen-bond acceptors (Lipinski definition) is 5. The van der Waals surface area contributed by atoms with Crippen molar-refractivity contribution in [2.24, 2.45) is 17.8 Å². The van der Waals surface area contributed by atoms with E-state index in [0.29, 0.717) is 30.7 Å². The Morgan fingerprint density at radius 2 is 2.36 bits per heavy atom. The number of carbonyl (C=O) groups is 1. The van der Waals surface area contributed by atoms with E-state index in [4.69, 9.17) is 4.74 Å². The van der Waals surface area contributed by atoms with Crippen LogP contribution in [0, 0.1) is 17.8 Å². The summed E-state index contributed by atoms with van der Waals surface area (Å²) in [6.07, 6.45) is 7.12. The van der Waals surface area contributed by atoms with Crippen molar-refractivity contribution in [3.63, 3.8) is 0 Å². The van der Waals surface area contributed by atoms with Crippen LogP contribution in [0.25, 0.3) is 0 Å². The van der Waals surface area contributed by atoms with Crippen molar-refractivity contribution in [1.29, 1.82) is 0 Å². The molecular formula is C16H22N4O2. The molecule has 0 aliphatic carbocycles. The van der Waals surface area contributed by atoms with Gasteiger partial charge in [-0.05, 0) is 17.8 Å². The third-order valence-corrected chi connectivity index (χ3v) is 4.50. The predicted molar refractivity (Wildman–Crippen MR) is 83.2 cm³/mol. The molecule has 1 aromatic heterocycles. The normalized spacial score (nSPS) is 28.1. The van der Waals surface area contributed by atoms with Crippen LogP contribution in [-0.2, 0) is 9.53 Å². The minimum Gasteiger partial charge on any atom is -0.381 e. The Morgan fingerprint density at radius 3 is 3.14 bits per heavy atom. The topological polar surface area (TPSA) is 67.3 Å². The van der Waals surface area contributed by atoms with Crippen LogP contribution < -0.4 is 5.32 Å². The van der Waals surface area contributed by atoms with Gasteiger partial charge in [0.15, 0.2) is 5.82 Å². The number of rotatable bonds is 5. The zero-order chi connectivity index (χ0) is 15.4. The van der Waals surface area contributed by atoms with Gasteiger partial charge in [-0.2, -0.15) is 0 Å². The fourth-order valence-electron chi connectivity index (χ4n) is 3.53. The van der Waals surface area contributed by atoms with Crippen LogP contribution >= 0.6 is 0 Å². The summed E-state index contributed by atoms with van der Waals surface area (Å²) in [6, 6.07) is 0. The summed E-state index contributed by atoms with van der Waals surface area (Å²) < 4.78 is 5.71. The maximum atomic E-state index is 12.2. The van der Waals surface area contributed by atoms with Gasteiger partial charge in [-0.15, -0.1) is 6.58 Å². The van der Waals surface area contributed by atoms with E-state index in [1.807, 2.05) is 6.08 Å². The number of aromatic nitrogens is 2. The largest absolute Gasteiger partial charge is 0.381 e. The molecule has 3 atom stereocenters. The third-order valence-electron chi connectivity index (χ3n) is 4.50. The van der Waals surface area contributed by atoms with Gasteiger partial charge < -0.3 is 10.1 Å². The number of fused-ring (bicyclic) bond motifs is 1. The lowest BCUT2D eigenvalue weighted by Crippen LogP contribution is -2.37. The average Bonchev–Trinajstić information content (AvgIpc) is 2.92. The molecule has 2 saturated heterocycles. The monoisotopic (exact) mass is 302 g/mol. The number of nitrogens with one attached hydrogen (secondary N) is 1. The van der Waals surface area contributed by atoms with Gasteiger partial charge in [0.2, 0.25) is 5.91 Å². The van der Waals surface area contributed by atoms with Crippen molar-refractivity contribution in [3.8, 4) is 0 Å². The second-order valence-corrected chi connectivity index (χ2v) is 6.07. The summed E-state index contributed by atoms with van der Waals surface area (Å²) in [5.41, 5.74) is 0. The SMILES string of the molecule is C=CCN1C[C@@H]2COC[C@@H](CC(=O)Nc3cnccn3)[C@@H]2C1. The van der Waals surface area contributed by atoms with Crippen LogP contribution in [0.2, 0.25) is 0 Å². The number of hydrogen-bond donors (Lipinski definition) is 1. The van der Waals surface area contributed by atoms with E-state index in [1.165, 1.54) is 0 Å². The first-order valence-electron chi connectivity index (χ1n) is 7.73. The van der Waals surface area contributed by atoms with Crippen LogP contribution in [0.3, 0.4) is 0 Å². The molecule has 1 amide bonds. The van der Waals surface area contributed by atoms with Crippen molar-refractivity contribution in [2.75, 3.05) is 38.2 Å². The molecule has 0 saturated carbocycles. The molecule has 2 aliphatic heterocycles. The molecule has 22 heavy (non-hydrogen) atoms. The van der Waals surface area contributed by atoms with E-state index >= 15 is 0 Å². The van der Waals surface area contributed by atoms with E-state index in [9.17, 15) is 4.79 Å². The molecule has 0 aromatic carbocycles. The lowest BCUT2D eigenvalue weighted by molar-refractivity contribution is -0.119. The quantitative estimate of drug-likeness (QED) is 0.828. The molecule has 0 bridgehead atoms. The molecule has 0 radical (unpaired) electrons. The van der Waals surface area contributed by atoms with Gasteiger partial charge in [-0.3, -0.25) is 14.7 Å². The van der Waals surface area contributed by atoms with E-state index in [1.54, 1.807) is 18.6 Å². The molecule has 0 spiro atoms. The van der Waals surface area contributed by atoms with E-state index in [0.717, 1.165) is 26.2 Å². The van der Waals surface area contributed by atoms with Gasteiger partial charge >= 0.3 is 0 Å². The number of nitrogens with zero attached hydrogens (tertiary/aromatic N) is 3. The van der Waals surface area contributed by atoms with E-state index < -0.39 is 0 Å². The van der Waals surface area contributed by atoms with Gasteiger partial charge in [-0.25, -0.2) is 4.98 Å². The molecule has 1 N–H and O–H groups in total. The Labute approximate surface area is 130 Å². The minimum absolute atomic E-state index is 0.0167. The minimum atomic E-state index is -0.0167. The fraction of sp³-hybridized carbons (Fsp3) is 0.562. The molecule has 2 fully saturated rings. The molecular weight excluding hydrogens is 280 g/mol. The number of amides is 1. The van der Waals surface area contributed by atoms with Crippen LogP contribution in [0.5, 0.6) is 0 Å². The van der Waals surface area contributed by atoms with Crippen molar-refractivity contribution < 1.29 is 9.53 Å². The Morgan fingerprint density at radius 1 is 1.45 bits per heavy atom. The second kappa shape index (κ2) is 6.98. The van der Waals surface area contributed by atoms with Gasteiger partial charge in [0.1, 0.15) is 0 Å². The van der Waals surface area contributed by atoms with Crippen molar-refractivity contribution in [2.45, 2.75) is 6.42 Å². The van der Waals surface area contributed by atoms with Crippen LogP contribution in [0.4, 0.5) is 5.82 Å². The molecule has 118 valence electrons. The lowest BCUT2D eigenvalue weighted by atomic mass is 9.81. The fourth-order valence-corrected chi connectivity index (χ4v) is 3.53. The van der Waals surface area contributed by atoms with Crippen molar-refractivity contribution in [1.82, 2.24) is 14.9 Å². The summed E-state index contributed by atoms with van der Waals surface area (Å²) in [5, 5.41) is 2.81. The third kappa shape index (κ3) is 3.51. The smallest absolute Gasteiger partial charge is 0.225 e. The maximum Gasteiger partial charge on any atom is 0.225 e. The summed E-state index contributed by atoms with van der Waals surface area (Å²) in [6.45, 7) is 8.26. The molecule has 1 aromatic rings. The number of anilines is 1. The lowest BCUT2D eigenvalue weighted by Gasteiger charge is -2.32. The van der Waals surface area contributed by atoms with E-state index in [-0.39, 0.29) is 11.8 Å². The number of ether oxygens (including phenoxy) is 1. The highest BCUT2D eigenvalue weighted by molar-refractivity contribution is 5.89. The van der Waals surface area contributed by atoms with Crippen LogP contribution in [0.15, 0.2) is 31.2 Å². The zero-order valence-electron chi connectivity index (χ0n) is 12.6. The zero-order valence-corrected chi connectivity index (χ0v) is 12.6. The Bertz CT molecular complexity index is 522. The van der Waals surface area contributed by atoms with Gasteiger partial charge in [0, 0.05) is 38.4 Å². The predicted octanol–water partition coefficient (Wildman–Crippen LogP) is 1.19. The summed E-state index contributed by atoms with van der Waals surface area (Å²) in [4.78, 5) is 22.6. The summed E-state index contributed by atoms with van der Waals surface area (Å²) in [5.74, 6) is 1.81. The summed E-state index contributed by atoms with van der Waals surface area (Å²) >= 11 is 0. The van der Waals surface area contributed by atoms with Gasteiger partial charge in [0.25, 0.3) is 0 Å². The number of likely N-dealkylation sites (tertiary alicyclic amines) is 1. The van der Waals surface area contributed by atoms with Crippen LogP contribution in [-0.4, -0.2) is 53.6 Å². The highest BCUT2D eigenvalue weighted by Gasteiger charge is 2.41. The average molecular weight is 302 g/mol. The Balaban J connectivity index is 1.57. The highest BCUT2D eigenvalue weighted by Crippen LogP contribution is 2.35. The standard InChI is InChI=1S/C16H22N4O2/c1-2-5-20-8-13-11-22-10-12(14(13)9-20)6-16(21)19-15-7-17-3-4-18-15/h2-4,7,12-14H,1,5-6,8-11H2,(H,18,19,21)/t12-,13-,14+/m1/s1. The first-order valence-corrected chi connectivity index (χ1v) is 7.73. The van der Waals surface area contributed by atoms with Crippen molar-refractivity contribution in [3.05, 3.63) is 31.2 Å². The second-order valence-electron chi connectivity index (χ2n) is 6.07. The molecule has 0 unspecified atom stereocenters. The molecule has 3 rings (SSSR count). The Kier molecular flexibility index (Phi) is 4.80. The Hall–Kier alpha value is -1.79. The van der Waals surface area contributed by atoms with Gasteiger partial charge in [0.05, 0.1) is 19.4 Å². The maximum absolute atomic E-state index is 12.2. The highest BCUT2D eigenvalue weighted by atomic mass is 16.5. The van der Waals surface area contributed by atoms with E-state index in [2.05, 4.69) is 26.8 Å². The molecule has 6 heteroatoms. The molecule has 3 heterocycles.